The second-order valence-electron chi connectivity index (χ2n) is 8.99. The monoisotopic (exact) mass is 431 g/mol. The van der Waals surface area contributed by atoms with Gasteiger partial charge in [-0.2, -0.15) is 0 Å². The van der Waals surface area contributed by atoms with Crippen molar-refractivity contribution < 1.29 is 24.2 Å². The molecule has 1 N–H and O–H groups in total. The summed E-state index contributed by atoms with van der Waals surface area (Å²) in [5.74, 6) is -1.87. The summed E-state index contributed by atoms with van der Waals surface area (Å²) < 4.78 is 6.49. The minimum atomic E-state index is -1.16. The van der Waals surface area contributed by atoms with Gasteiger partial charge in [-0.05, 0) is 12.8 Å². The smallest absolute Gasteiger partial charge is 0.249 e. The number of rotatable bonds is 7. The van der Waals surface area contributed by atoms with Crippen LogP contribution in [0.3, 0.4) is 0 Å². The average molecular weight is 432 g/mol. The fourth-order valence-corrected chi connectivity index (χ4v) is 5.54. The van der Waals surface area contributed by atoms with Crippen molar-refractivity contribution in [3.63, 3.8) is 0 Å². The zero-order valence-corrected chi connectivity index (χ0v) is 18.4. The van der Waals surface area contributed by atoms with Gasteiger partial charge in [0.05, 0.1) is 17.9 Å². The Morgan fingerprint density at radius 1 is 1.06 bits per heavy atom. The Morgan fingerprint density at radius 3 is 2.61 bits per heavy atom. The SMILES string of the molecule is CCCCCN1CC=C[C@]23O[C@H]4C=CCN(C)C(=O)[C@H]4[C@H]2C(=O)N(CCCO)C3C1=O. The van der Waals surface area contributed by atoms with E-state index in [1.165, 1.54) is 0 Å². The average Bonchev–Trinajstić information content (AvgIpc) is 3.08. The normalized spacial score (nSPS) is 34.7. The van der Waals surface area contributed by atoms with Crippen molar-refractivity contribution in [1.29, 1.82) is 0 Å². The van der Waals surface area contributed by atoms with E-state index >= 15 is 0 Å². The minimum absolute atomic E-state index is 0.0737. The van der Waals surface area contributed by atoms with E-state index in [0.717, 1.165) is 19.3 Å². The zero-order valence-electron chi connectivity index (χ0n) is 18.4. The molecule has 2 saturated heterocycles. The molecule has 0 aliphatic carbocycles. The first kappa shape index (κ1) is 22.0. The van der Waals surface area contributed by atoms with Crippen LogP contribution in [0.4, 0.5) is 0 Å². The third-order valence-corrected chi connectivity index (χ3v) is 7.03. The number of carbonyl (C=O) groups excluding carboxylic acids is 3. The molecule has 0 aromatic rings. The number of likely N-dealkylation sites (N-methyl/N-ethyl adjacent to an activating group) is 1. The van der Waals surface area contributed by atoms with Crippen LogP contribution in [0.15, 0.2) is 24.3 Å². The lowest BCUT2D eigenvalue weighted by molar-refractivity contribution is -0.148. The molecule has 0 aromatic carbocycles. The molecule has 1 unspecified atom stereocenters. The number of unbranched alkanes of at least 4 members (excludes halogenated alkanes) is 2. The van der Waals surface area contributed by atoms with Crippen LogP contribution in [-0.4, -0.2) is 95.1 Å². The molecule has 0 saturated carbocycles. The fourth-order valence-electron chi connectivity index (χ4n) is 5.54. The van der Waals surface area contributed by atoms with Crippen LogP contribution < -0.4 is 0 Å². The maximum atomic E-state index is 13.7. The zero-order chi connectivity index (χ0) is 22.2. The molecule has 4 heterocycles. The molecular formula is C23H33N3O5. The minimum Gasteiger partial charge on any atom is -0.396 e. The molecular weight excluding hydrogens is 398 g/mol. The van der Waals surface area contributed by atoms with Crippen molar-refractivity contribution in [3.8, 4) is 0 Å². The number of amides is 3. The number of aliphatic hydroxyl groups is 1. The summed E-state index contributed by atoms with van der Waals surface area (Å²) in [6.45, 7) is 3.88. The van der Waals surface area contributed by atoms with Crippen LogP contribution in [-0.2, 0) is 19.1 Å². The highest BCUT2D eigenvalue weighted by atomic mass is 16.5. The van der Waals surface area contributed by atoms with E-state index in [-0.39, 0.29) is 30.9 Å². The van der Waals surface area contributed by atoms with Gasteiger partial charge in [-0.3, -0.25) is 14.4 Å². The molecule has 1 spiro atoms. The Hall–Kier alpha value is -2.19. The number of carbonyl (C=O) groups is 3. The summed E-state index contributed by atoms with van der Waals surface area (Å²) >= 11 is 0. The Bertz CT molecular complexity index is 796. The van der Waals surface area contributed by atoms with Crippen LogP contribution in [0.1, 0.15) is 32.6 Å². The predicted molar refractivity (Wildman–Crippen MR) is 114 cm³/mol. The molecule has 8 nitrogen and oxygen atoms in total. The van der Waals surface area contributed by atoms with Gasteiger partial charge < -0.3 is 24.5 Å². The molecule has 4 aliphatic rings. The van der Waals surface area contributed by atoms with Gasteiger partial charge in [-0.1, -0.05) is 44.1 Å². The summed E-state index contributed by atoms with van der Waals surface area (Å²) in [4.78, 5) is 45.6. The van der Waals surface area contributed by atoms with Crippen molar-refractivity contribution in [2.45, 2.75) is 50.4 Å². The lowest BCUT2D eigenvalue weighted by Crippen LogP contribution is -2.55. The van der Waals surface area contributed by atoms with E-state index in [1.54, 1.807) is 21.7 Å². The van der Waals surface area contributed by atoms with E-state index in [2.05, 4.69) is 6.92 Å². The third-order valence-electron chi connectivity index (χ3n) is 7.03. The number of nitrogens with zero attached hydrogens (tertiary/aromatic N) is 3. The molecule has 8 heteroatoms. The summed E-state index contributed by atoms with van der Waals surface area (Å²) in [6, 6.07) is -0.810. The quantitative estimate of drug-likeness (QED) is 0.470. The number of ether oxygens (including phenoxy) is 1. The van der Waals surface area contributed by atoms with E-state index in [9.17, 15) is 19.5 Å². The van der Waals surface area contributed by atoms with Crippen LogP contribution in [0, 0.1) is 11.8 Å². The van der Waals surface area contributed by atoms with Crippen LogP contribution in [0.2, 0.25) is 0 Å². The first-order chi connectivity index (χ1) is 15.0. The van der Waals surface area contributed by atoms with Gasteiger partial charge in [0.1, 0.15) is 11.6 Å². The number of likely N-dealkylation sites (tertiary alicyclic amines) is 1. The van der Waals surface area contributed by atoms with Gasteiger partial charge in [-0.25, -0.2) is 0 Å². The van der Waals surface area contributed by atoms with Crippen molar-refractivity contribution in [1.82, 2.24) is 14.7 Å². The molecule has 2 fully saturated rings. The standard InChI is InChI=1S/C23H33N3O5/c1-3-4-5-12-25-13-7-10-23-18(17-16(31-23)9-6-11-24(2)20(17)28)21(29)26(14-8-15-27)19(23)22(25)30/h6-7,9-10,16-19,27H,3-5,8,11-15H2,1-2H3/t16-,17+,18-,19?,23-/m0/s1. The van der Waals surface area contributed by atoms with E-state index < -0.39 is 29.6 Å². The summed E-state index contributed by atoms with van der Waals surface area (Å²) in [5, 5.41) is 9.38. The Labute approximate surface area is 183 Å². The van der Waals surface area contributed by atoms with E-state index in [4.69, 9.17) is 4.74 Å². The number of fused-ring (bicyclic) bond motifs is 2. The maximum Gasteiger partial charge on any atom is 0.249 e. The maximum absolute atomic E-state index is 13.7. The molecule has 5 atom stereocenters. The largest absolute Gasteiger partial charge is 0.396 e. The molecule has 3 amide bonds. The molecule has 4 aliphatic heterocycles. The van der Waals surface area contributed by atoms with Crippen LogP contribution in [0.25, 0.3) is 0 Å². The van der Waals surface area contributed by atoms with Crippen molar-refractivity contribution in [2.24, 2.45) is 11.8 Å². The molecule has 0 radical (unpaired) electrons. The fraction of sp³-hybridized carbons (Fsp3) is 0.696. The van der Waals surface area contributed by atoms with Crippen LogP contribution >= 0.6 is 0 Å². The first-order valence-electron chi connectivity index (χ1n) is 11.4. The number of hydrogen-bond acceptors (Lipinski definition) is 5. The van der Waals surface area contributed by atoms with Gasteiger partial charge in [0.15, 0.2) is 0 Å². The molecule has 31 heavy (non-hydrogen) atoms. The molecule has 0 bridgehead atoms. The van der Waals surface area contributed by atoms with Gasteiger partial charge >= 0.3 is 0 Å². The second-order valence-corrected chi connectivity index (χ2v) is 8.99. The first-order valence-corrected chi connectivity index (χ1v) is 11.4. The van der Waals surface area contributed by atoms with Gasteiger partial charge in [0.25, 0.3) is 0 Å². The van der Waals surface area contributed by atoms with Gasteiger partial charge in [-0.15, -0.1) is 0 Å². The van der Waals surface area contributed by atoms with E-state index in [0.29, 0.717) is 26.1 Å². The van der Waals surface area contributed by atoms with Crippen molar-refractivity contribution in [3.05, 3.63) is 24.3 Å². The van der Waals surface area contributed by atoms with Gasteiger partial charge in [0, 0.05) is 39.8 Å². The summed E-state index contributed by atoms with van der Waals surface area (Å²) in [5.41, 5.74) is -1.16. The summed E-state index contributed by atoms with van der Waals surface area (Å²) in [7, 11) is 1.73. The highest BCUT2D eigenvalue weighted by molar-refractivity contribution is 5.99. The Kier molecular flexibility index (Phi) is 6.21. The molecule has 4 rings (SSSR count). The third kappa shape index (κ3) is 3.49. The molecule has 170 valence electrons. The van der Waals surface area contributed by atoms with E-state index in [1.807, 2.05) is 24.3 Å². The summed E-state index contributed by atoms with van der Waals surface area (Å²) in [6.07, 6.45) is 10.4. The highest BCUT2D eigenvalue weighted by Crippen LogP contribution is 2.53. The number of hydrogen-bond donors (Lipinski definition) is 1. The Morgan fingerprint density at radius 2 is 1.87 bits per heavy atom. The topological polar surface area (TPSA) is 90.4 Å². The second kappa shape index (κ2) is 8.74. The number of aliphatic hydroxyl groups excluding tert-OH is 1. The lowest BCUT2D eigenvalue weighted by atomic mass is 9.77. The highest BCUT2D eigenvalue weighted by Gasteiger charge is 2.71. The predicted octanol–water partition coefficient (Wildman–Crippen LogP) is 0.566. The lowest BCUT2D eigenvalue weighted by Gasteiger charge is -2.35. The van der Waals surface area contributed by atoms with Crippen molar-refractivity contribution >= 4 is 17.7 Å². The van der Waals surface area contributed by atoms with Crippen LogP contribution in [0.5, 0.6) is 0 Å². The van der Waals surface area contributed by atoms with Gasteiger partial charge in [0.2, 0.25) is 17.7 Å². The molecule has 0 aromatic heterocycles. The Balaban J connectivity index is 1.74. The van der Waals surface area contributed by atoms with Crippen molar-refractivity contribution in [2.75, 3.05) is 39.8 Å².